The summed E-state index contributed by atoms with van der Waals surface area (Å²) >= 11 is 12.1. The van der Waals surface area contributed by atoms with Gasteiger partial charge >= 0.3 is 5.97 Å². The van der Waals surface area contributed by atoms with Crippen molar-refractivity contribution < 1.29 is 14.3 Å². The van der Waals surface area contributed by atoms with Gasteiger partial charge in [0.05, 0.1) is 22.3 Å². The summed E-state index contributed by atoms with van der Waals surface area (Å²) < 4.78 is 6.27. The first-order chi connectivity index (χ1) is 15.8. The molecule has 3 heterocycles. The minimum absolute atomic E-state index is 0.146. The molecule has 1 fully saturated rings. The van der Waals surface area contributed by atoms with Gasteiger partial charge in [0, 0.05) is 18.3 Å². The summed E-state index contributed by atoms with van der Waals surface area (Å²) in [6, 6.07) is 13.7. The van der Waals surface area contributed by atoms with Gasteiger partial charge in [-0.25, -0.2) is 4.79 Å². The summed E-state index contributed by atoms with van der Waals surface area (Å²) in [6.07, 6.45) is 2.69. The molecule has 0 bridgehead atoms. The first-order valence-electron chi connectivity index (χ1n) is 10.6. The molecular formula is C24H25ClN4O3S. The number of halogens is 1. The van der Waals surface area contributed by atoms with Gasteiger partial charge in [0.15, 0.2) is 5.11 Å². The molecular weight excluding hydrogens is 460 g/mol. The first kappa shape index (κ1) is 23.2. The van der Waals surface area contributed by atoms with Crippen LogP contribution in [0.25, 0.3) is 11.3 Å². The van der Waals surface area contributed by atoms with E-state index in [1.807, 2.05) is 44.4 Å². The van der Waals surface area contributed by atoms with Crippen molar-refractivity contribution in [3.63, 3.8) is 0 Å². The Morgan fingerprint density at radius 2 is 2.09 bits per heavy atom. The number of carbonyl (C=O) groups is 1. The number of benzene rings is 1. The second-order valence-electron chi connectivity index (χ2n) is 8.18. The average molecular weight is 485 g/mol. The third kappa shape index (κ3) is 5.03. The summed E-state index contributed by atoms with van der Waals surface area (Å²) in [5.74, 6) is 0.186. The average Bonchev–Trinajstić information content (AvgIpc) is 3.39. The number of pyridine rings is 1. The number of hydrogen-bond donors (Lipinski definition) is 2. The van der Waals surface area contributed by atoms with Crippen molar-refractivity contribution in [2.75, 3.05) is 27.2 Å². The van der Waals surface area contributed by atoms with Crippen LogP contribution in [0.5, 0.6) is 0 Å². The largest absolute Gasteiger partial charge is 0.478 e. The number of nitrogens with zero attached hydrogens (tertiary/aromatic N) is 3. The van der Waals surface area contributed by atoms with Crippen molar-refractivity contribution in [2.45, 2.75) is 18.5 Å². The third-order valence-electron chi connectivity index (χ3n) is 5.60. The molecule has 1 aliphatic rings. The molecule has 33 heavy (non-hydrogen) atoms. The van der Waals surface area contributed by atoms with Gasteiger partial charge in [0.25, 0.3) is 0 Å². The normalized spacial score (nSPS) is 18.1. The molecule has 2 N–H and O–H groups in total. The Kier molecular flexibility index (Phi) is 6.97. The van der Waals surface area contributed by atoms with Gasteiger partial charge in [-0.3, -0.25) is 4.98 Å². The Hall–Kier alpha value is -2.94. The Labute approximate surface area is 203 Å². The summed E-state index contributed by atoms with van der Waals surface area (Å²) in [5, 5.41) is 13.8. The molecule has 7 nitrogen and oxygen atoms in total. The van der Waals surface area contributed by atoms with Crippen molar-refractivity contribution in [3.8, 4) is 11.3 Å². The lowest BCUT2D eigenvalue weighted by molar-refractivity contribution is 0.0697. The number of furan rings is 1. The van der Waals surface area contributed by atoms with E-state index in [0.29, 0.717) is 27.2 Å². The van der Waals surface area contributed by atoms with E-state index in [9.17, 15) is 9.90 Å². The number of carboxylic acid groups (broad SMARTS) is 1. The molecule has 1 saturated heterocycles. The standard InChI is InChI=1S/C24H25ClN4O3S/c1-28(2)12-5-13-29-22(21(27-24(29)33)18-6-3-4-11-26-18)20-10-9-19(32-20)16-14-15(23(30)31)7-8-17(16)25/h3-4,6-11,14,21-22H,5,12-13H2,1-2H3,(H,27,33)(H,30,31)/t21-,22+/m0/s1. The van der Waals surface area contributed by atoms with E-state index < -0.39 is 5.97 Å². The first-order valence-corrected chi connectivity index (χ1v) is 11.4. The molecule has 0 unspecified atom stereocenters. The van der Waals surface area contributed by atoms with Crippen LogP contribution < -0.4 is 5.32 Å². The lowest BCUT2D eigenvalue weighted by Crippen LogP contribution is -2.32. The van der Waals surface area contributed by atoms with Crippen LogP contribution in [0.1, 0.15) is 40.3 Å². The quantitative estimate of drug-likeness (QED) is 0.448. The smallest absolute Gasteiger partial charge is 0.335 e. The molecule has 0 amide bonds. The van der Waals surface area contributed by atoms with Crippen molar-refractivity contribution in [1.29, 1.82) is 0 Å². The van der Waals surface area contributed by atoms with Crippen LogP contribution in [0.3, 0.4) is 0 Å². The lowest BCUT2D eigenvalue weighted by atomic mass is 10.0. The van der Waals surface area contributed by atoms with Crippen molar-refractivity contribution in [1.82, 2.24) is 20.1 Å². The van der Waals surface area contributed by atoms with Crippen molar-refractivity contribution in [2.24, 2.45) is 0 Å². The number of hydrogen-bond acceptors (Lipinski definition) is 5. The maximum Gasteiger partial charge on any atom is 0.335 e. The van der Waals surface area contributed by atoms with E-state index in [1.165, 1.54) is 12.1 Å². The summed E-state index contributed by atoms with van der Waals surface area (Å²) in [7, 11) is 4.09. The molecule has 0 saturated carbocycles. The zero-order valence-corrected chi connectivity index (χ0v) is 19.9. The molecule has 172 valence electrons. The van der Waals surface area contributed by atoms with E-state index in [1.54, 1.807) is 12.3 Å². The Morgan fingerprint density at radius 3 is 2.79 bits per heavy atom. The van der Waals surface area contributed by atoms with Gasteiger partial charge in [-0.05, 0) is 81.7 Å². The van der Waals surface area contributed by atoms with Crippen LogP contribution in [0, 0.1) is 0 Å². The lowest BCUT2D eigenvalue weighted by Gasteiger charge is -2.26. The number of aromatic carboxylic acids is 1. The van der Waals surface area contributed by atoms with Crippen molar-refractivity contribution in [3.05, 3.63) is 76.8 Å². The SMILES string of the molecule is CN(C)CCCN1C(=S)N[C@@H](c2ccccn2)[C@H]1c1ccc(-c2cc(C(=O)O)ccc2Cl)o1. The predicted octanol–water partition coefficient (Wildman–Crippen LogP) is 4.62. The maximum absolute atomic E-state index is 11.4. The van der Waals surface area contributed by atoms with Gasteiger partial charge < -0.3 is 24.6 Å². The van der Waals surface area contributed by atoms with Gasteiger partial charge in [0.1, 0.15) is 17.6 Å². The molecule has 1 aliphatic heterocycles. The monoisotopic (exact) mass is 484 g/mol. The van der Waals surface area contributed by atoms with Crippen LogP contribution in [0.4, 0.5) is 0 Å². The molecule has 0 spiro atoms. The highest BCUT2D eigenvalue weighted by molar-refractivity contribution is 7.80. The van der Waals surface area contributed by atoms with Crippen molar-refractivity contribution >= 4 is 34.9 Å². The molecule has 9 heteroatoms. The predicted molar refractivity (Wildman–Crippen MR) is 131 cm³/mol. The van der Waals surface area contributed by atoms with Gasteiger partial charge in [-0.2, -0.15) is 0 Å². The molecule has 1 aromatic carbocycles. The fraction of sp³-hybridized carbons (Fsp3) is 0.292. The topological polar surface area (TPSA) is 81.8 Å². The zero-order chi connectivity index (χ0) is 23.5. The highest BCUT2D eigenvalue weighted by Crippen LogP contribution is 2.41. The van der Waals surface area contributed by atoms with E-state index in [0.717, 1.165) is 25.2 Å². The third-order valence-corrected chi connectivity index (χ3v) is 6.28. The minimum Gasteiger partial charge on any atom is -0.478 e. The molecule has 2 atom stereocenters. The summed E-state index contributed by atoms with van der Waals surface area (Å²) in [5.41, 5.74) is 1.54. The van der Waals surface area contributed by atoms with Crippen LogP contribution in [-0.2, 0) is 0 Å². The molecule has 0 radical (unpaired) electrons. The van der Waals surface area contributed by atoms with E-state index >= 15 is 0 Å². The summed E-state index contributed by atoms with van der Waals surface area (Å²) in [6.45, 7) is 1.68. The fourth-order valence-electron chi connectivity index (χ4n) is 4.02. The molecule has 3 aromatic rings. The van der Waals surface area contributed by atoms with Gasteiger partial charge in [-0.1, -0.05) is 17.7 Å². The second-order valence-corrected chi connectivity index (χ2v) is 8.97. The fourth-order valence-corrected chi connectivity index (χ4v) is 4.56. The highest BCUT2D eigenvalue weighted by atomic mass is 35.5. The zero-order valence-electron chi connectivity index (χ0n) is 18.4. The van der Waals surface area contributed by atoms with E-state index in [-0.39, 0.29) is 17.6 Å². The Bertz CT molecular complexity index is 1150. The van der Waals surface area contributed by atoms with E-state index in [2.05, 4.69) is 20.1 Å². The van der Waals surface area contributed by atoms with Crippen LogP contribution in [0.2, 0.25) is 5.02 Å². The molecule has 0 aliphatic carbocycles. The van der Waals surface area contributed by atoms with E-state index in [4.69, 9.17) is 28.2 Å². The number of thiocarbonyl (C=S) groups is 1. The van der Waals surface area contributed by atoms with Crippen LogP contribution in [-0.4, -0.2) is 58.2 Å². The molecule has 2 aromatic heterocycles. The Balaban J connectivity index is 1.70. The Morgan fingerprint density at radius 1 is 1.27 bits per heavy atom. The number of nitrogens with one attached hydrogen (secondary N) is 1. The van der Waals surface area contributed by atoms with Crippen LogP contribution in [0.15, 0.2) is 59.1 Å². The minimum atomic E-state index is -1.02. The number of carboxylic acids is 1. The summed E-state index contributed by atoms with van der Waals surface area (Å²) in [4.78, 5) is 20.2. The maximum atomic E-state index is 11.4. The van der Waals surface area contributed by atoms with Crippen LogP contribution >= 0.6 is 23.8 Å². The number of rotatable bonds is 8. The molecule has 4 rings (SSSR count). The van der Waals surface area contributed by atoms with Gasteiger partial charge in [0.2, 0.25) is 0 Å². The highest BCUT2D eigenvalue weighted by Gasteiger charge is 2.41. The second kappa shape index (κ2) is 9.91. The number of aromatic nitrogens is 1. The van der Waals surface area contributed by atoms with Gasteiger partial charge in [-0.15, -0.1) is 0 Å².